The molecule has 0 aliphatic carbocycles. The Morgan fingerprint density at radius 3 is 2.39 bits per heavy atom. The molecule has 3 N–H and O–H groups in total. The predicted octanol–water partition coefficient (Wildman–Crippen LogP) is 1.61. The van der Waals surface area contributed by atoms with Crippen LogP contribution in [0.4, 0.5) is 0 Å². The summed E-state index contributed by atoms with van der Waals surface area (Å²) in [5, 5.41) is 30.3. The van der Waals surface area contributed by atoms with Gasteiger partial charge in [0.25, 0.3) is 0 Å². The van der Waals surface area contributed by atoms with Gasteiger partial charge in [0.1, 0.15) is 23.5 Å². The van der Waals surface area contributed by atoms with Crippen molar-refractivity contribution in [3.63, 3.8) is 0 Å². The van der Waals surface area contributed by atoms with E-state index < -0.39 is 30.1 Å². The number of hydrogen-bond donors (Lipinski definition) is 3. The van der Waals surface area contributed by atoms with Crippen molar-refractivity contribution in [1.29, 1.82) is 0 Å². The Labute approximate surface area is 162 Å². The summed E-state index contributed by atoms with van der Waals surface area (Å²) in [4.78, 5) is 24.6. The largest absolute Gasteiger partial charge is 0.507 e. The number of rotatable bonds is 2. The van der Waals surface area contributed by atoms with Gasteiger partial charge in [-0.05, 0) is 19.4 Å². The number of esters is 1. The third kappa shape index (κ3) is 4.71. The van der Waals surface area contributed by atoms with Crippen LogP contribution in [0.3, 0.4) is 0 Å². The zero-order valence-electron chi connectivity index (χ0n) is 15.9. The Balaban J connectivity index is 2.58. The highest BCUT2D eigenvalue weighted by Crippen LogP contribution is 2.40. The van der Waals surface area contributed by atoms with E-state index in [1.165, 1.54) is 38.5 Å². The van der Waals surface area contributed by atoms with E-state index >= 15 is 0 Å². The van der Waals surface area contributed by atoms with Crippen molar-refractivity contribution in [3.05, 3.63) is 35.4 Å². The number of methoxy groups -OCH3 is 2. The highest BCUT2D eigenvalue weighted by Gasteiger charge is 2.26. The van der Waals surface area contributed by atoms with Gasteiger partial charge in [-0.25, -0.2) is 4.79 Å². The third-order valence-electron chi connectivity index (χ3n) is 4.27. The summed E-state index contributed by atoms with van der Waals surface area (Å²) in [6.07, 6.45) is 2.09. The number of carbonyl (C=O) groups is 2. The molecule has 8 heteroatoms. The topological polar surface area (TPSA) is 123 Å². The van der Waals surface area contributed by atoms with Crippen LogP contribution in [0.5, 0.6) is 17.2 Å². The number of carbonyl (C=O) groups excluding carboxylic acids is 2. The number of benzene rings is 1. The summed E-state index contributed by atoms with van der Waals surface area (Å²) >= 11 is 0. The number of aliphatic hydroxyl groups is 2. The summed E-state index contributed by atoms with van der Waals surface area (Å²) in [6, 6.07) is 1.25. The van der Waals surface area contributed by atoms with E-state index in [2.05, 4.69) is 0 Å². The molecule has 1 heterocycles. The molecule has 0 aromatic heterocycles. The summed E-state index contributed by atoms with van der Waals surface area (Å²) in [5.74, 6) is -1.39. The van der Waals surface area contributed by atoms with E-state index in [1.54, 1.807) is 6.92 Å². The molecule has 0 fully saturated rings. The maximum absolute atomic E-state index is 12.7. The van der Waals surface area contributed by atoms with Crippen molar-refractivity contribution in [2.24, 2.45) is 0 Å². The first-order valence-corrected chi connectivity index (χ1v) is 8.72. The lowest BCUT2D eigenvalue weighted by atomic mass is 10.0. The van der Waals surface area contributed by atoms with Crippen molar-refractivity contribution in [2.75, 3.05) is 14.2 Å². The molecule has 0 radical (unpaired) electrons. The average Bonchev–Trinajstić information content (AvgIpc) is 2.65. The van der Waals surface area contributed by atoms with Crippen LogP contribution in [0.15, 0.2) is 24.3 Å². The van der Waals surface area contributed by atoms with Crippen molar-refractivity contribution in [2.45, 2.75) is 38.1 Å². The lowest BCUT2D eigenvalue weighted by Crippen LogP contribution is -2.32. The first-order chi connectivity index (χ1) is 13.3. The summed E-state index contributed by atoms with van der Waals surface area (Å²) in [6.45, 7) is 1.62. The second kappa shape index (κ2) is 9.38. The van der Waals surface area contributed by atoms with Gasteiger partial charge in [0, 0.05) is 18.1 Å². The SMILES string of the molecule is COc1cc(O)c2c(c1OC)/C=C/C[C@H](O)[C@H](O)C(=O)/C=C\C[C@H](C)OC2=O. The predicted molar refractivity (Wildman–Crippen MR) is 101 cm³/mol. The molecule has 28 heavy (non-hydrogen) atoms. The number of hydrogen-bond acceptors (Lipinski definition) is 8. The maximum atomic E-state index is 12.7. The third-order valence-corrected chi connectivity index (χ3v) is 4.27. The molecule has 1 aromatic rings. The van der Waals surface area contributed by atoms with E-state index in [0.717, 1.165) is 6.08 Å². The van der Waals surface area contributed by atoms with Crippen LogP contribution in [0.2, 0.25) is 0 Å². The van der Waals surface area contributed by atoms with Crippen molar-refractivity contribution in [1.82, 2.24) is 0 Å². The molecule has 1 aliphatic heterocycles. The number of ketones is 1. The molecule has 0 amide bonds. The molecule has 0 bridgehead atoms. The number of phenolic OH excluding ortho intramolecular Hbond substituents is 1. The van der Waals surface area contributed by atoms with Gasteiger partial charge in [-0.15, -0.1) is 0 Å². The van der Waals surface area contributed by atoms with Crippen LogP contribution in [-0.4, -0.2) is 59.6 Å². The Morgan fingerprint density at radius 1 is 1.07 bits per heavy atom. The van der Waals surface area contributed by atoms with E-state index in [9.17, 15) is 24.9 Å². The van der Waals surface area contributed by atoms with Gasteiger partial charge < -0.3 is 29.5 Å². The standard InChI is InChI=1S/C20H24O8/c1-11-6-4-8-13(21)18(24)14(22)9-5-7-12-17(20(25)28-11)15(23)10-16(26-2)19(12)27-3/h4-5,7-8,10-11,14,18,22-24H,6,9H2,1-3H3/b7-5+,8-4-/t11-,14-,18+/m0/s1. The van der Waals surface area contributed by atoms with E-state index in [0.29, 0.717) is 0 Å². The molecule has 8 nitrogen and oxygen atoms in total. The molecule has 1 aromatic carbocycles. The minimum Gasteiger partial charge on any atom is -0.507 e. The molecule has 2 rings (SSSR count). The van der Waals surface area contributed by atoms with Crippen molar-refractivity contribution < 1.29 is 39.1 Å². The quantitative estimate of drug-likeness (QED) is 0.649. The van der Waals surface area contributed by atoms with Crippen LogP contribution in [0.1, 0.15) is 35.7 Å². The Hall–Kier alpha value is -2.84. The van der Waals surface area contributed by atoms with Gasteiger partial charge in [0.2, 0.25) is 0 Å². The smallest absolute Gasteiger partial charge is 0.342 e. The Kier molecular flexibility index (Phi) is 7.19. The normalized spacial score (nSPS) is 25.8. The monoisotopic (exact) mass is 392 g/mol. The summed E-state index contributed by atoms with van der Waals surface area (Å²) in [5.41, 5.74) is 0.0741. The molecule has 3 atom stereocenters. The van der Waals surface area contributed by atoms with Crippen molar-refractivity contribution in [3.8, 4) is 17.2 Å². The number of cyclic esters (lactones) is 1. The summed E-state index contributed by atoms with van der Waals surface area (Å²) < 4.78 is 15.9. The number of fused-ring (bicyclic) bond motifs is 1. The fraction of sp³-hybridized carbons (Fsp3) is 0.400. The number of phenols is 1. The first kappa shape index (κ1) is 21.5. The lowest BCUT2D eigenvalue weighted by Gasteiger charge is -2.18. The Morgan fingerprint density at radius 2 is 1.75 bits per heavy atom. The number of aromatic hydroxyl groups is 1. The molecule has 0 spiro atoms. The van der Waals surface area contributed by atoms with Crippen LogP contribution in [0, 0.1) is 0 Å². The number of ether oxygens (including phenoxy) is 3. The zero-order valence-corrected chi connectivity index (χ0v) is 15.9. The second-order valence-electron chi connectivity index (χ2n) is 6.33. The molecule has 1 aliphatic rings. The van der Waals surface area contributed by atoms with Gasteiger partial charge in [-0.3, -0.25) is 4.79 Å². The van der Waals surface area contributed by atoms with Gasteiger partial charge >= 0.3 is 5.97 Å². The van der Waals surface area contributed by atoms with Crippen molar-refractivity contribution >= 4 is 17.8 Å². The zero-order chi connectivity index (χ0) is 20.8. The number of aliphatic hydroxyl groups excluding tert-OH is 2. The van der Waals surface area contributed by atoms with Gasteiger partial charge in [-0.1, -0.05) is 18.2 Å². The first-order valence-electron chi connectivity index (χ1n) is 8.72. The maximum Gasteiger partial charge on any atom is 0.342 e. The highest BCUT2D eigenvalue weighted by molar-refractivity contribution is 5.98. The summed E-state index contributed by atoms with van der Waals surface area (Å²) in [7, 11) is 2.76. The van der Waals surface area contributed by atoms with E-state index in [1.807, 2.05) is 0 Å². The van der Waals surface area contributed by atoms with Crippen LogP contribution in [-0.2, 0) is 9.53 Å². The van der Waals surface area contributed by atoms with E-state index in [4.69, 9.17) is 14.2 Å². The molecular weight excluding hydrogens is 368 g/mol. The molecule has 152 valence electrons. The van der Waals surface area contributed by atoms with Gasteiger partial charge in [-0.2, -0.15) is 0 Å². The minimum atomic E-state index is -1.58. The highest BCUT2D eigenvalue weighted by atomic mass is 16.5. The van der Waals surface area contributed by atoms with Crippen LogP contribution < -0.4 is 9.47 Å². The fourth-order valence-corrected chi connectivity index (χ4v) is 2.79. The molecule has 0 saturated heterocycles. The molecule has 0 unspecified atom stereocenters. The van der Waals surface area contributed by atoms with Gasteiger partial charge in [0.15, 0.2) is 17.3 Å². The second-order valence-corrected chi connectivity index (χ2v) is 6.33. The van der Waals surface area contributed by atoms with Gasteiger partial charge in [0.05, 0.1) is 20.3 Å². The molecule has 0 saturated carbocycles. The molecular formula is C20H24O8. The fourth-order valence-electron chi connectivity index (χ4n) is 2.79. The lowest BCUT2D eigenvalue weighted by molar-refractivity contribution is -0.127. The van der Waals surface area contributed by atoms with Crippen LogP contribution in [0.25, 0.3) is 6.08 Å². The van der Waals surface area contributed by atoms with E-state index in [-0.39, 0.29) is 41.2 Å². The average molecular weight is 392 g/mol. The minimum absolute atomic E-state index is 0.0766. The Bertz CT molecular complexity index is 796. The van der Waals surface area contributed by atoms with Crippen LogP contribution >= 0.6 is 0 Å².